The molecule has 56 valence electrons. The molecule has 0 aromatic rings. The number of hydrogen-bond acceptors (Lipinski definition) is 2. The average Bonchev–Trinajstić information content (AvgIpc) is 2.34. The highest BCUT2D eigenvalue weighted by atomic mass is 16.5. The Labute approximate surface area is 61.8 Å². The van der Waals surface area contributed by atoms with E-state index in [1.165, 1.54) is 0 Å². The van der Waals surface area contributed by atoms with Crippen LogP contribution >= 0.6 is 0 Å². The number of hydrogen-bond donors (Lipinski definition) is 0. The van der Waals surface area contributed by atoms with Crippen molar-refractivity contribution in [2.45, 2.75) is 26.4 Å². The van der Waals surface area contributed by atoms with Crippen molar-refractivity contribution in [2.24, 2.45) is 11.8 Å². The van der Waals surface area contributed by atoms with E-state index in [1.54, 1.807) is 0 Å². The van der Waals surface area contributed by atoms with Crippen molar-refractivity contribution < 1.29 is 4.74 Å². The second-order valence-electron chi connectivity index (χ2n) is 2.95. The summed E-state index contributed by atoms with van der Waals surface area (Å²) in [5, 5.41) is 8.61. The summed E-state index contributed by atoms with van der Waals surface area (Å²) in [7, 11) is 0. The van der Waals surface area contributed by atoms with E-state index in [0.29, 0.717) is 5.92 Å². The van der Waals surface area contributed by atoms with E-state index in [0.717, 1.165) is 13.0 Å². The van der Waals surface area contributed by atoms with Crippen LogP contribution in [0.25, 0.3) is 0 Å². The van der Waals surface area contributed by atoms with Crippen LogP contribution in [0.1, 0.15) is 20.3 Å². The topological polar surface area (TPSA) is 33.0 Å². The van der Waals surface area contributed by atoms with Crippen molar-refractivity contribution in [1.82, 2.24) is 0 Å². The monoisotopic (exact) mass is 139 g/mol. The predicted octanol–water partition coefficient (Wildman–Crippen LogP) is 1.57. The van der Waals surface area contributed by atoms with Gasteiger partial charge in [0.25, 0.3) is 0 Å². The number of rotatable bonds is 1. The van der Waals surface area contributed by atoms with Crippen LogP contribution in [0, 0.1) is 23.2 Å². The molecule has 0 saturated carbocycles. The van der Waals surface area contributed by atoms with Crippen molar-refractivity contribution in [2.75, 3.05) is 6.61 Å². The van der Waals surface area contributed by atoms with Gasteiger partial charge in [0, 0.05) is 18.4 Å². The summed E-state index contributed by atoms with van der Waals surface area (Å²) in [6.07, 6.45) is 1.34. The molecule has 0 spiro atoms. The van der Waals surface area contributed by atoms with E-state index in [-0.39, 0.29) is 12.0 Å². The maximum Gasteiger partial charge on any atom is 0.0656 e. The van der Waals surface area contributed by atoms with E-state index >= 15 is 0 Å². The lowest BCUT2D eigenvalue weighted by atomic mass is 9.90. The maximum absolute atomic E-state index is 8.61. The first-order chi connectivity index (χ1) is 4.75. The lowest BCUT2D eigenvalue weighted by Crippen LogP contribution is -2.17. The zero-order valence-electron chi connectivity index (χ0n) is 6.50. The van der Waals surface area contributed by atoms with Gasteiger partial charge in [-0.15, -0.1) is 0 Å². The van der Waals surface area contributed by atoms with E-state index < -0.39 is 0 Å². The van der Waals surface area contributed by atoms with Crippen molar-refractivity contribution in [3.05, 3.63) is 0 Å². The van der Waals surface area contributed by atoms with Gasteiger partial charge in [-0.1, -0.05) is 0 Å². The normalized spacial score (nSPS) is 35.3. The molecule has 0 radical (unpaired) electrons. The minimum absolute atomic E-state index is 0.150. The Balaban J connectivity index is 2.48. The van der Waals surface area contributed by atoms with Crippen LogP contribution in [-0.4, -0.2) is 12.7 Å². The third-order valence-corrected chi connectivity index (χ3v) is 2.28. The Hall–Kier alpha value is -0.550. The Kier molecular flexibility index (Phi) is 2.29. The maximum atomic E-state index is 8.61. The summed E-state index contributed by atoms with van der Waals surface area (Å²) in [6.45, 7) is 4.85. The van der Waals surface area contributed by atoms with Crippen LogP contribution in [-0.2, 0) is 4.74 Å². The first-order valence-corrected chi connectivity index (χ1v) is 3.77. The second kappa shape index (κ2) is 3.03. The molecular formula is C8H13NO. The third-order valence-electron chi connectivity index (χ3n) is 2.28. The van der Waals surface area contributed by atoms with E-state index in [2.05, 4.69) is 6.07 Å². The van der Waals surface area contributed by atoms with Crippen LogP contribution in [0.3, 0.4) is 0 Å². The van der Waals surface area contributed by atoms with Gasteiger partial charge in [0.05, 0.1) is 12.2 Å². The number of nitrogens with zero attached hydrogens (tertiary/aromatic N) is 1. The van der Waals surface area contributed by atoms with Gasteiger partial charge >= 0.3 is 0 Å². The van der Waals surface area contributed by atoms with Gasteiger partial charge < -0.3 is 4.74 Å². The SMILES string of the molecule is CC(C#N)C1CCOC1C. The molecule has 3 atom stereocenters. The molecule has 1 aliphatic rings. The molecule has 1 aliphatic heterocycles. The molecule has 0 aromatic carbocycles. The van der Waals surface area contributed by atoms with Crippen molar-refractivity contribution in [3.8, 4) is 6.07 Å². The fourth-order valence-corrected chi connectivity index (χ4v) is 1.50. The lowest BCUT2D eigenvalue weighted by molar-refractivity contribution is 0.0984. The standard InChI is InChI=1S/C8H13NO/c1-6(5-9)8-3-4-10-7(8)2/h6-8H,3-4H2,1-2H3. The molecule has 1 heterocycles. The van der Waals surface area contributed by atoms with Crippen LogP contribution in [0.2, 0.25) is 0 Å². The smallest absolute Gasteiger partial charge is 0.0656 e. The first kappa shape index (κ1) is 7.56. The summed E-state index contributed by atoms with van der Waals surface area (Å²) < 4.78 is 5.34. The highest BCUT2D eigenvalue weighted by Crippen LogP contribution is 2.27. The number of ether oxygens (including phenoxy) is 1. The van der Waals surface area contributed by atoms with Gasteiger partial charge in [-0.05, 0) is 20.3 Å². The zero-order chi connectivity index (χ0) is 7.56. The van der Waals surface area contributed by atoms with Gasteiger partial charge in [-0.2, -0.15) is 5.26 Å². The third kappa shape index (κ3) is 1.30. The highest BCUT2D eigenvalue weighted by molar-refractivity contribution is 4.89. The summed E-state index contributed by atoms with van der Waals surface area (Å²) in [4.78, 5) is 0. The molecule has 10 heavy (non-hydrogen) atoms. The average molecular weight is 139 g/mol. The van der Waals surface area contributed by atoms with Gasteiger partial charge in [0.2, 0.25) is 0 Å². The molecular weight excluding hydrogens is 126 g/mol. The van der Waals surface area contributed by atoms with Crippen LogP contribution < -0.4 is 0 Å². The molecule has 1 fully saturated rings. The summed E-state index contributed by atoms with van der Waals surface area (Å²) in [5.41, 5.74) is 0. The Morgan fingerprint density at radius 1 is 1.70 bits per heavy atom. The van der Waals surface area contributed by atoms with Gasteiger partial charge in [0.15, 0.2) is 0 Å². The molecule has 0 aromatic heterocycles. The second-order valence-corrected chi connectivity index (χ2v) is 2.95. The molecule has 0 N–H and O–H groups in total. The van der Waals surface area contributed by atoms with Crippen LogP contribution in [0.15, 0.2) is 0 Å². The molecule has 0 aliphatic carbocycles. The predicted molar refractivity (Wildman–Crippen MR) is 38.3 cm³/mol. The Morgan fingerprint density at radius 3 is 2.80 bits per heavy atom. The zero-order valence-corrected chi connectivity index (χ0v) is 6.50. The summed E-state index contributed by atoms with van der Waals surface area (Å²) in [6, 6.07) is 2.26. The number of nitriles is 1. The minimum Gasteiger partial charge on any atom is -0.378 e. The summed E-state index contributed by atoms with van der Waals surface area (Å²) in [5.74, 6) is 0.613. The fraction of sp³-hybridized carbons (Fsp3) is 0.875. The van der Waals surface area contributed by atoms with E-state index in [4.69, 9.17) is 10.00 Å². The molecule has 2 heteroatoms. The fourth-order valence-electron chi connectivity index (χ4n) is 1.50. The van der Waals surface area contributed by atoms with E-state index in [1.807, 2.05) is 13.8 Å². The van der Waals surface area contributed by atoms with E-state index in [9.17, 15) is 0 Å². The molecule has 0 amide bonds. The lowest BCUT2D eigenvalue weighted by Gasteiger charge is -2.14. The van der Waals surface area contributed by atoms with Crippen molar-refractivity contribution in [3.63, 3.8) is 0 Å². The first-order valence-electron chi connectivity index (χ1n) is 3.77. The largest absolute Gasteiger partial charge is 0.378 e. The highest BCUT2D eigenvalue weighted by Gasteiger charge is 2.28. The minimum atomic E-state index is 0.150. The molecule has 2 nitrogen and oxygen atoms in total. The van der Waals surface area contributed by atoms with Gasteiger partial charge in [-0.3, -0.25) is 0 Å². The van der Waals surface area contributed by atoms with Crippen LogP contribution in [0.4, 0.5) is 0 Å². The quantitative estimate of drug-likeness (QED) is 0.552. The van der Waals surface area contributed by atoms with Crippen molar-refractivity contribution >= 4 is 0 Å². The summed E-state index contributed by atoms with van der Waals surface area (Å²) >= 11 is 0. The molecule has 3 unspecified atom stereocenters. The Morgan fingerprint density at radius 2 is 2.40 bits per heavy atom. The molecule has 1 saturated heterocycles. The van der Waals surface area contributed by atoms with Crippen LogP contribution in [0.5, 0.6) is 0 Å². The van der Waals surface area contributed by atoms with Crippen molar-refractivity contribution in [1.29, 1.82) is 5.26 Å². The Bertz CT molecular complexity index is 150. The molecule has 0 bridgehead atoms. The van der Waals surface area contributed by atoms with Gasteiger partial charge in [-0.25, -0.2) is 0 Å². The molecule has 1 rings (SSSR count). The van der Waals surface area contributed by atoms with Gasteiger partial charge in [0.1, 0.15) is 0 Å².